The van der Waals surface area contributed by atoms with E-state index in [1.807, 2.05) is 30.0 Å². The number of hydrogen-bond donors (Lipinski definition) is 0. The number of rotatable bonds is 1. The number of hydrogen-bond acceptors (Lipinski definition) is 2. The molecule has 0 aliphatic carbocycles. The van der Waals surface area contributed by atoms with E-state index in [0.717, 1.165) is 22.3 Å². The summed E-state index contributed by atoms with van der Waals surface area (Å²) >= 11 is 0. The molecule has 0 radical (unpaired) electrons. The molecule has 84 valence electrons. The summed E-state index contributed by atoms with van der Waals surface area (Å²) in [7, 11) is 0. The first-order valence-corrected chi connectivity index (χ1v) is 5.61. The highest BCUT2D eigenvalue weighted by molar-refractivity contribution is 5.77. The van der Waals surface area contributed by atoms with Crippen molar-refractivity contribution in [2.24, 2.45) is 0 Å². The summed E-state index contributed by atoms with van der Waals surface area (Å²) in [5.41, 5.74) is 5.50. The van der Waals surface area contributed by atoms with Gasteiger partial charge in [-0.15, -0.1) is 0 Å². The zero-order valence-corrected chi connectivity index (χ0v) is 9.88. The lowest BCUT2D eigenvalue weighted by Crippen LogP contribution is -1.91. The largest absolute Gasteiger partial charge is 0.236 e. The molecule has 0 aliphatic rings. The van der Waals surface area contributed by atoms with Crippen molar-refractivity contribution in [2.75, 3.05) is 0 Å². The van der Waals surface area contributed by atoms with E-state index >= 15 is 0 Å². The highest BCUT2D eigenvalue weighted by Gasteiger charge is 2.07. The van der Waals surface area contributed by atoms with Gasteiger partial charge >= 0.3 is 0 Å². The molecule has 3 rings (SSSR count). The third-order valence-electron chi connectivity index (χ3n) is 2.81. The third-order valence-corrected chi connectivity index (χ3v) is 2.81. The molecule has 0 unspecified atom stereocenters. The highest BCUT2D eigenvalue weighted by atomic mass is 15.2. The minimum Gasteiger partial charge on any atom is -0.236 e. The van der Waals surface area contributed by atoms with Gasteiger partial charge in [0.15, 0.2) is 5.65 Å². The van der Waals surface area contributed by atoms with Gasteiger partial charge in [0, 0.05) is 18.0 Å². The van der Waals surface area contributed by atoms with Gasteiger partial charge in [0.2, 0.25) is 0 Å². The Kier molecular flexibility index (Phi) is 2.18. The van der Waals surface area contributed by atoms with E-state index in [1.165, 1.54) is 5.56 Å². The Hall–Kier alpha value is -2.16. The van der Waals surface area contributed by atoms with Gasteiger partial charge in [-0.25, -0.2) is 9.50 Å². The molecule has 0 fully saturated rings. The molecule has 1 aromatic carbocycles. The molecule has 0 saturated carbocycles. The predicted octanol–water partition coefficient (Wildman–Crippen LogP) is 3.01. The first-order chi connectivity index (χ1) is 8.24. The van der Waals surface area contributed by atoms with Crippen LogP contribution < -0.4 is 0 Å². The normalized spacial score (nSPS) is 10.9. The van der Waals surface area contributed by atoms with E-state index in [0.29, 0.717) is 0 Å². The van der Waals surface area contributed by atoms with Crippen LogP contribution in [0.3, 0.4) is 0 Å². The maximum absolute atomic E-state index is 4.45. The molecule has 2 aromatic heterocycles. The molecular formula is C14H13N3. The molecule has 0 spiro atoms. The maximum atomic E-state index is 4.45. The summed E-state index contributed by atoms with van der Waals surface area (Å²) < 4.78 is 1.83. The SMILES string of the molecule is Cc1cccc(-c2cnn3cc(C)cnc23)c1. The van der Waals surface area contributed by atoms with Gasteiger partial charge in [-0.3, -0.25) is 0 Å². The zero-order valence-electron chi connectivity index (χ0n) is 9.88. The summed E-state index contributed by atoms with van der Waals surface area (Å²) in [6, 6.07) is 8.39. The predicted molar refractivity (Wildman–Crippen MR) is 67.9 cm³/mol. The van der Waals surface area contributed by atoms with Crippen LogP contribution in [-0.4, -0.2) is 14.6 Å². The fraction of sp³-hybridized carbons (Fsp3) is 0.143. The van der Waals surface area contributed by atoms with Gasteiger partial charge in [0.05, 0.1) is 6.20 Å². The molecule has 0 aliphatic heterocycles. The second-order valence-electron chi connectivity index (χ2n) is 4.33. The van der Waals surface area contributed by atoms with Gasteiger partial charge in [-0.2, -0.15) is 5.10 Å². The van der Waals surface area contributed by atoms with Crippen LogP contribution in [-0.2, 0) is 0 Å². The summed E-state index contributed by atoms with van der Waals surface area (Å²) in [6.45, 7) is 4.10. The molecule has 0 N–H and O–H groups in total. The summed E-state index contributed by atoms with van der Waals surface area (Å²) in [6.07, 6.45) is 5.73. The second kappa shape index (κ2) is 3.70. The molecule has 0 atom stereocenters. The van der Waals surface area contributed by atoms with Crippen molar-refractivity contribution in [2.45, 2.75) is 13.8 Å². The van der Waals surface area contributed by atoms with Crippen molar-refractivity contribution in [3.8, 4) is 11.1 Å². The van der Waals surface area contributed by atoms with Crippen molar-refractivity contribution in [1.29, 1.82) is 0 Å². The number of aromatic nitrogens is 3. The van der Waals surface area contributed by atoms with E-state index in [2.05, 4.69) is 41.3 Å². The molecule has 0 bridgehead atoms. The lowest BCUT2D eigenvalue weighted by atomic mass is 10.1. The molecule has 0 amide bonds. The van der Waals surface area contributed by atoms with E-state index < -0.39 is 0 Å². The third kappa shape index (κ3) is 1.69. The fourth-order valence-corrected chi connectivity index (χ4v) is 1.98. The molecular weight excluding hydrogens is 210 g/mol. The van der Waals surface area contributed by atoms with Crippen molar-refractivity contribution in [1.82, 2.24) is 14.6 Å². The monoisotopic (exact) mass is 223 g/mol. The molecule has 3 nitrogen and oxygen atoms in total. The van der Waals surface area contributed by atoms with Gasteiger partial charge in [0.25, 0.3) is 0 Å². The van der Waals surface area contributed by atoms with Crippen LogP contribution in [0, 0.1) is 13.8 Å². The van der Waals surface area contributed by atoms with Gasteiger partial charge < -0.3 is 0 Å². The lowest BCUT2D eigenvalue weighted by Gasteiger charge is -2.00. The van der Waals surface area contributed by atoms with Crippen LogP contribution in [0.5, 0.6) is 0 Å². The zero-order chi connectivity index (χ0) is 11.8. The van der Waals surface area contributed by atoms with Crippen LogP contribution in [0.4, 0.5) is 0 Å². The molecule has 3 aromatic rings. The molecule has 2 heterocycles. The Bertz CT molecular complexity index is 683. The average Bonchev–Trinajstić information content (AvgIpc) is 2.71. The summed E-state index contributed by atoms with van der Waals surface area (Å²) in [5, 5.41) is 4.34. The van der Waals surface area contributed by atoms with E-state index in [4.69, 9.17) is 0 Å². The average molecular weight is 223 g/mol. The number of benzene rings is 1. The van der Waals surface area contributed by atoms with Crippen LogP contribution >= 0.6 is 0 Å². The topological polar surface area (TPSA) is 30.2 Å². The van der Waals surface area contributed by atoms with E-state index in [-0.39, 0.29) is 0 Å². The van der Waals surface area contributed by atoms with Crippen LogP contribution in [0.25, 0.3) is 16.8 Å². The van der Waals surface area contributed by atoms with Crippen molar-refractivity contribution in [3.05, 3.63) is 54.0 Å². The first kappa shape index (κ1) is 10.0. The maximum Gasteiger partial charge on any atom is 0.162 e. The second-order valence-corrected chi connectivity index (χ2v) is 4.33. The standard InChI is InChI=1S/C14H13N3/c1-10-4-3-5-12(6-10)13-8-16-17-9-11(2)7-15-14(13)17/h3-9H,1-2H3. The highest BCUT2D eigenvalue weighted by Crippen LogP contribution is 2.23. The van der Waals surface area contributed by atoms with E-state index in [1.54, 1.807) is 0 Å². The first-order valence-electron chi connectivity index (χ1n) is 5.61. The van der Waals surface area contributed by atoms with Crippen molar-refractivity contribution < 1.29 is 0 Å². The molecule has 17 heavy (non-hydrogen) atoms. The number of aryl methyl sites for hydroxylation is 2. The van der Waals surface area contributed by atoms with Gasteiger partial charge in [-0.05, 0) is 25.0 Å². The van der Waals surface area contributed by atoms with Crippen molar-refractivity contribution >= 4 is 5.65 Å². The van der Waals surface area contributed by atoms with E-state index in [9.17, 15) is 0 Å². The minimum absolute atomic E-state index is 0.904. The van der Waals surface area contributed by atoms with Gasteiger partial charge in [0.1, 0.15) is 0 Å². The summed E-state index contributed by atoms with van der Waals surface area (Å²) in [4.78, 5) is 4.45. The quantitative estimate of drug-likeness (QED) is 0.634. The van der Waals surface area contributed by atoms with Crippen LogP contribution in [0.2, 0.25) is 0 Å². The Morgan fingerprint density at radius 1 is 1.06 bits per heavy atom. The molecule has 3 heteroatoms. The fourth-order valence-electron chi connectivity index (χ4n) is 1.98. The van der Waals surface area contributed by atoms with Crippen LogP contribution in [0.15, 0.2) is 42.9 Å². The number of fused-ring (bicyclic) bond motifs is 1. The minimum atomic E-state index is 0.904. The summed E-state index contributed by atoms with van der Waals surface area (Å²) in [5.74, 6) is 0. The van der Waals surface area contributed by atoms with Crippen molar-refractivity contribution in [3.63, 3.8) is 0 Å². The van der Waals surface area contributed by atoms with Gasteiger partial charge in [-0.1, -0.05) is 29.8 Å². The molecule has 0 saturated heterocycles. The van der Waals surface area contributed by atoms with Crippen LogP contribution in [0.1, 0.15) is 11.1 Å². The Morgan fingerprint density at radius 2 is 1.94 bits per heavy atom. The smallest absolute Gasteiger partial charge is 0.162 e. The Balaban J connectivity index is 2.24. The Morgan fingerprint density at radius 3 is 2.76 bits per heavy atom. The number of nitrogens with zero attached hydrogens (tertiary/aromatic N) is 3. The Labute approximate surface area is 99.7 Å². The lowest BCUT2D eigenvalue weighted by molar-refractivity contribution is 0.928.